The maximum atomic E-state index is 12.3. The van der Waals surface area contributed by atoms with Gasteiger partial charge in [-0.3, -0.25) is 9.59 Å². The Morgan fingerprint density at radius 2 is 1.65 bits per heavy atom. The highest BCUT2D eigenvalue weighted by Gasteiger charge is 2.14. The molecule has 0 radical (unpaired) electrons. The van der Waals surface area contributed by atoms with Crippen molar-refractivity contribution in [3.8, 4) is 0 Å². The molecule has 3 aromatic rings. The number of halogens is 4. The number of thioether (sulfide) groups is 1. The number of rotatable bonds is 7. The molecule has 1 aromatic heterocycles. The van der Waals surface area contributed by atoms with E-state index in [1.807, 2.05) is 0 Å². The van der Waals surface area contributed by atoms with Gasteiger partial charge < -0.3 is 15.2 Å². The third-order valence-electron chi connectivity index (χ3n) is 4.05. The molecule has 7 nitrogen and oxygen atoms in total. The summed E-state index contributed by atoms with van der Waals surface area (Å²) in [4.78, 5) is 24.5. The molecule has 0 bridgehead atoms. The van der Waals surface area contributed by atoms with Crippen LogP contribution in [0, 0.1) is 0 Å². The van der Waals surface area contributed by atoms with Crippen molar-refractivity contribution < 1.29 is 9.59 Å². The van der Waals surface area contributed by atoms with E-state index in [2.05, 4.69) is 20.8 Å². The van der Waals surface area contributed by atoms with E-state index < -0.39 is 0 Å². The van der Waals surface area contributed by atoms with E-state index in [0.717, 1.165) is 0 Å². The Labute approximate surface area is 202 Å². The van der Waals surface area contributed by atoms with Crippen LogP contribution in [0.1, 0.15) is 16.2 Å². The zero-order valence-electron chi connectivity index (χ0n) is 16.0. The second kappa shape index (κ2) is 10.6. The van der Waals surface area contributed by atoms with Gasteiger partial charge in [-0.15, -0.1) is 10.2 Å². The maximum absolute atomic E-state index is 12.3. The van der Waals surface area contributed by atoms with Crippen LogP contribution in [0.5, 0.6) is 0 Å². The lowest BCUT2D eigenvalue weighted by Crippen LogP contribution is -2.24. The minimum atomic E-state index is -0.322. The lowest BCUT2D eigenvalue weighted by atomic mass is 10.2. The fourth-order valence-corrected chi connectivity index (χ4v) is 3.75. The number of nitrogens with one attached hydrogen (secondary N) is 2. The lowest BCUT2D eigenvalue weighted by molar-refractivity contribution is -0.113. The fourth-order valence-electron chi connectivity index (χ4n) is 2.42. The number of hydrogen-bond donors (Lipinski definition) is 2. The van der Waals surface area contributed by atoms with Gasteiger partial charge in [-0.25, -0.2) is 0 Å². The second-order valence-corrected chi connectivity index (χ2v) is 8.81. The van der Waals surface area contributed by atoms with Crippen LogP contribution in [0.4, 0.5) is 5.69 Å². The highest BCUT2D eigenvalue weighted by atomic mass is 35.5. The highest BCUT2D eigenvalue weighted by Crippen LogP contribution is 2.25. The number of benzene rings is 2. The first-order valence-corrected chi connectivity index (χ1v) is 11.2. The summed E-state index contributed by atoms with van der Waals surface area (Å²) in [6.45, 7) is 0.151. The smallest absolute Gasteiger partial charge is 0.251 e. The number of hydrogen-bond acceptors (Lipinski definition) is 5. The second-order valence-electron chi connectivity index (χ2n) is 6.24. The van der Waals surface area contributed by atoms with Crippen LogP contribution in [-0.4, -0.2) is 32.3 Å². The van der Waals surface area contributed by atoms with Gasteiger partial charge >= 0.3 is 0 Å². The quantitative estimate of drug-likeness (QED) is 0.425. The molecule has 2 amide bonds. The zero-order chi connectivity index (χ0) is 22.5. The summed E-state index contributed by atoms with van der Waals surface area (Å²) >= 11 is 24.8. The molecule has 0 aliphatic heterocycles. The van der Waals surface area contributed by atoms with E-state index in [4.69, 9.17) is 46.4 Å². The van der Waals surface area contributed by atoms with E-state index in [0.29, 0.717) is 42.3 Å². The summed E-state index contributed by atoms with van der Waals surface area (Å²) in [7, 11) is 1.75. The van der Waals surface area contributed by atoms with Crippen LogP contribution < -0.4 is 10.6 Å². The summed E-state index contributed by atoms with van der Waals surface area (Å²) in [5.74, 6) is 0.0837. The van der Waals surface area contributed by atoms with Gasteiger partial charge in [0.15, 0.2) is 11.0 Å². The number of carbonyl (C=O) groups is 2. The molecule has 31 heavy (non-hydrogen) atoms. The Kier molecular flexibility index (Phi) is 8.07. The molecular weight excluding hydrogens is 504 g/mol. The first kappa shape index (κ1) is 23.7. The minimum Gasteiger partial charge on any atom is -0.345 e. The molecule has 0 fully saturated rings. The van der Waals surface area contributed by atoms with Crippen LogP contribution in [0.15, 0.2) is 41.6 Å². The normalized spacial score (nSPS) is 10.7. The fraction of sp³-hybridized carbons (Fsp3) is 0.158. The summed E-state index contributed by atoms with van der Waals surface area (Å²) in [6.07, 6.45) is 0. The molecule has 0 aliphatic rings. The number of anilines is 1. The molecule has 0 saturated heterocycles. The van der Waals surface area contributed by atoms with Gasteiger partial charge in [-0.2, -0.15) is 0 Å². The maximum Gasteiger partial charge on any atom is 0.251 e. The van der Waals surface area contributed by atoms with E-state index >= 15 is 0 Å². The third kappa shape index (κ3) is 6.27. The molecule has 162 valence electrons. The predicted octanol–water partition coefficient (Wildman–Crippen LogP) is 5.09. The third-order valence-corrected chi connectivity index (χ3v) is 6.55. The Morgan fingerprint density at radius 3 is 2.32 bits per heavy atom. The van der Waals surface area contributed by atoms with Gasteiger partial charge in [0.2, 0.25) is 5.91 Å². The van der Waals surface area contributed by atoms with Gasteiger partial charge in [0, 0.05) is 18.3 Å². The van der Waals surface area contributed by atoms with Crippen LogP contribution in [0.3, 0.4) is 0 Å². The van der Waals surface area contributed by atoms with Gasteiger partial charge in [-0.1, -0.05) is 58.2 Å². The molecule has 3 rings (SSSR count). The Balaban J connectivity index is 1.53. The molecule has 0 aliphatic carbocycles. The summed E-state index contributed by atoms with van der Waals surface area (Å²) in [5, 5.41) is 15.6. The van der Waals surface area contributed by atoms with Crippen molar-refractivity contribution in [3.63, 3.8) is 0 Å². The summed E-state index contributed by atoms with van der Waals surface area (Å²) in [6, 6.07) is 9.46. The van der Waals surface area contributed by atoms with Crippen molar-refractivity contribution in [1.82, 2.24) is 20.1 Å². The monoisotopic (exact) mass is 517 g/mol. The molecule has 0 atom stereocenters. The molecule has 0 spiro atoms. The molecule has 2 aromatic carbocycles. The van der Waals surface area contributed by atoms with Crippen LogP contribution in [-0.2, 0) is 18.4 Å². The lowest BCUT2D eigenvalue weighted by Gasteiger charge is -2.07. The van der Waals surface area contributed by atoms with Crippen molar-refractivity contribution in [2.45, 2.75) is 11.7 Å². The largest absolute Gasteiger partial charge is 0.345 e. The molecule has 12 heteroatoms. The Hall–Kier alpha value is -1.97. The van der Waals surface area contributed by atoms with Crippen LogP contribution >= 0.6 is 58.2 Å². The molecule has 1 heterocycles. The number of carbonyl (C=O) groups excluding carboxylic acids is 2. The van der Waals surface area contributed by atoms with E-state index in [9.17, 15) is 9.59 Å². The van der Waals surface area contributed by atoms with Crippen LogP contribution in [0.2, 0.25) is 20.1 Å². The number of nitrogens with zero attached hydrogens (tertiary/aromatic N) is 3. The van der Waals surface area contributed by atoms with Gasteiger partial charge in [0.05, 0.1) is 32.4 Å². The van der Waals surface area contributed by atoms with Crippen molar-refractivity contribution in [2.24, 2.45) is 7.05 Å². The van der Waals surface area contributed by atoms with E-state index in [-0.39, 0.29) is 24.1 Å². The topological polar surface area (TPSA) is 88.9 Å². The van der Waals surface area contributed by atoms with Gasteiger partial charge in [0.1, 0.15) is 0 Å². The summed E-state index contributed by atoms with van der Waals surface area (Å²) in [5.41, 5.74) is 0.925. The molecule has 2 N–H and O–H groups in total. The average molecular weight is 519 g/mol. The Morgan fingerprint density at radius 1 is 0.968 bits per heavy atom. The number of amides is 2. The molecule has 0 saturated carbocycles. The van der Waals surface area contributed by atoms with Crippen molar-refractivity contribution in [3.05, 3.63) is 67.9 Å². The number of aromatic nitrogens is 3. The van der Waals surface area contributed by atoms with Gasteiger partial charge in [-0.05, 0) is 36.4 Å². The first-order valence-electron chi connectivity index (χ1n) is 8.74. The van der Waals surface area contributed by atoms with Gasteiger partial charge in [0.25, 0.3) is 5.91 Å². The predicted molar refractivity (Wildman–Crippen MR) is 124 cm³/mol. The summed E-state index contributed by atoms with van der Waals surface area (Å²) < 4.78 is 1.70. The van der Waals surface area contributed by atoms with Crippen molar-refractivity contribution >= 4 is 75.7 Å². The highest BCUT2D eigenvalue weighted by molar-refractivity contribution is 7.99. The van der Waals surface area contributed by atoms with Crippen molar-refractivity contribution in [2.75, 3.05) is 11.1 Å². The van der Waals surface area contributed by atoms with E-state index in [1.54, 1.807) is 41.9 Å². The Bertz CT molecular complexity index is 1140. The first-order chi connectivity index (χ1) is 14.7. The average Bonchev–Trinajstić information content (AvgIpc) is 3.09. The molecule has 0 unspecified atom stereocenters. The van der Waals surface area contributed by atoms with E-state index in [1.165, 1.54) is 17.8 Å². The minimum absolute atomic E-state index is 0.113. The molecular formula is C19H15Cl4N5O2S. The van der Waals surface area contributed by atoms with Crippen LogP contribution in [0.25, 0.3) is 0 Å². The zero-order valence-corrected chi connectivity index (χ0v) is 19.8. The van der Waals surface area contributed by atoms with Crippen molar-refractivity contribution in [1.29, 1.82) is 0 Å². The standard InChI is InChI=1S/C19H15Cl4N5O2S/c1-28-16(8-24-18(30)10-2-4-12(20)14(22)6-10)26-27-19(28)31-9-17(29)25-11-3-5-13(21)15(23)7-11/h2-7H,8-9H2,1H3,(H,24,30)(H,25,29). The SMILES string of the molecule is Cn1c(CNC(=O)c2ccc(Cl)c(Cl)c2)nnc1SCC(=O)Nc1ccc(Cl)c(Cl)c1.